The summed E-state index contributed by atoms with van der Waals surface area (Å²) >= 11 is 0. The van der Waals surface area contributed by atoms with E-state index in [4.69, 9.17) is 0 Å². The van der Waals surface area contributed by atoms with E-state index < -0.39 is 17.9 Å². The van der Waals surface area contributed by atoms with Crippen molar-refractivity contribution in [2.75, 3.05) is 18.9 Å². The Labute approximate surface area is 162 Å². The molecule has 0 spiro atoms. The van der Waals surface area contributed by atoms with E-state index in [1.807, 2.05) is 0 Å². The summed E-state index contributed by atoms with van der Waals surface area (Å²) in [6.07, 6.45) is 2.44. The number of hydrazone groups is 1. The van der Waals surface area contributed by atoms with Crippen LogP contribution in [0.15, 0.2) is 29.4 Å². The number of rotatable bonds is 4. The van der Waals surface area contributed by atoms with Gasteiger partial charge in [-0.2, -0.15) is 5.10 Å². The van der Waals surface area contributed by atoms with Crippen LogP contribution in [0, 0.1) is 0 Å². The van der Waals surface area contributed by atoms with Crippen molar-refractivity contribution in [3.05, 3.63) is 29.8 Å². The number of carbonyl (C=O) groups excluding carboxylic acids is 3. The highest BCUT2D eigenvalue weighted by Crippen LogP contribution is 2.21. The van der Waals surface area contributed by atoms with Crippen LogP contribution in [0.3, 0.4) is 0 Å². The lowest BCUT2D eigenvalue weighted by Crippen LogP contribution is -2.48. The summed E-state index contributed by atoms with van der Waals surface area (Å²) in [6.45, 7) is 0.392. The van der Waals surface area contributed by atoms with Gasteiger partial charge in [-0.1, -0.05) is 6.07 Å². The van der Waals surface area contributed by atoms with E-state index in [2.05, 4.69) is 10.4 Å². The Balaban J connectivity index is 1.74. The maximum Gasteiger partial charge on any atom is 0.326 e. The quantitative estimate of drug-likeness (QED) is 0.809. The molecular weight excluding hydrogens is 364 g/mol. The molecule has 1 aromatic carbocycles. The van der Waals surface area contributed by atoms with Gasteiger partial charge in [-0.15, -0.1) is 0 Å². The maximum absolute atomic E-state index is 12.8. The Morgan fingerprint density at radius 1 is 1.21 bits per heavy atom. The van der Waals surface area contributed by atoms with Gasteiger partial charge in [-0.3, -0.25) is 14.4 Å². The van der Waals surface area contributed by atoms with Crippen molar-refractivity contribution in [2.45, 2.75) is 38.1 Å². The second-order valence-electron chi connectivity index (χ2n) is 6.85. The van der Waals surface area contributed by atoms with Gasteiger partial charge >= 0.3 is 5.97 Å². The lowest BCUT2D eigenvalue weighted by atomic mass is 10.0. The second kappa shape index (κ2) is 8.20. The fourth-order valence-electron chi connectivity index (χ4n) is 3.36. The van der Waals surface area contributed by atoms with Gasteiger partial charge in [0.2, 0.25) is 5.91 Å². The van der Waals surface area contributed by atoms with Crippen molar-refractivity contribution in [1.29, 1.82) is 0 Å². The molecule has 0 aromatic heterocycles. The minimum Gasteiger partial charge on any atom is -0.480 e. The SMILES string of the molecule is CN1N=C(C(=O)Nc2cccc(C(=O)N3CCCCC3C(=O)O)c2)CCC1=O. The van der Waals surface area contributed by atoms with Crippen LogP contribution >= 0.6 is 0 Å². The van der Waals surface area contributed by atoms with Crippen molar-refractivity contribution in [3.63, 3.8) is 0 Å². The molecule has 2 heterocycles. The lowest BCUT2D eigenvalue weighted by molar-refractivity contribution is -0.143. The van der Waals surface area contributed by atoms with Gasteiger partial charge < -0.3 is 15.3 Å². The standard InChI is InChI=1S/C19H22N4O5/c1-22-16(24)9-8-14(21-22)17(25)20-13-6-4-5-12(11-13)18(26)23-10-3-2-7-15(23)19(27)28/h4-6,11,15H,2-3,7-10H2,1H3,(H,20,25)(H,27,28). The van der Waals surface area contributed by atoms with Gasteiger partial charge in [-0.05, 0) is 37.5 Å². The minimum atomic E-state index is -1.01. The van der Waals surface area contributed by atoms with Crippen LogP contribution in [0.4, 0.5) is 5.69 Å². The van der Waals surface area contributed by atoms with Crippen LogP contribution in [0.2, 0.25) is 0 Å². The van der Waals surface area contributed by atoms with Crippen LogP contribution in [-0.4, -0.2) is 64.1 Å². The monoisotopic (exact) mass is 386 g/mol. The van der Waals surface area contributed by atoms with Crippen molar-refractivity contribution in [3.8, 4) is 0 Å². The van der Waals surface area contributed by atoms with Crippen molar-refractivity contribution in [1.82, 2.24) is 9.91 Å². The Morgan fingerprint density at radius 3 is 2.71 bits per heavy atom. The van der Waals surface area contributed by atoms with Crippen LogP contribution in [0.25, 0.3) is 0 Å². The highest BCUT2D eigenvalue weighted by Gasteiger charge is 2.32. The number of anilines is 1. The fraction of sp³-hybridized carbons (Fsp3) is 0.421. The van der Waals surface area contributed by atoms with E-state index in [1.165, 1.54) is 18.0 Å². The molecule has 0 aliphatic carbocycles. The van der Waals surface area contributed by atoms with E-state index in [9.17, 15) is 24.3 Å². The third-order valence-electron chi connectivity index (χ3n) is 4.89. The van der Waals surface area contributed by atoms with Crippen molar-refractivity contribution >= 4 is 35.1 Å². The largest absolute Gasteiger partial charge is 0.480 e. The number of nitrogens with zero attached hydrogens (tertiary/aromatic N) is 3. The highest BCUT2D eigenvalue weighted by atomic mass is 16.4. The normalized spacial score (nSPS) is 19.8. The van der Waals surface area contributed by atoms with E-state index in [-0.39, 0.29) is 30.4 Å². The smallest absolute Gasteiger partial charge is 0.326 e. The number of hydrogen-bond acceptors (Lipinski definition) is 5. The number of benzene rings is 1. The molecule has 9 heteroatoms. The Bertz CT molecular complexity index is 850. The molecule has 2 aliphatic rings. The molecule has 148 valence electrons. The molecule has 3 rings (SSSR count). The van der Waals surface area contributed by atoms with Gasteiger partial charge in [0.15, 0.2) is 0 Å². The number of nitrogens with one attached hydrogen (secondary N) is 1. The molecule has 0 saturated carbocycles. The summed E-state index contributed by atoms with van der Waals surface area (Å²) in [7, 11) is 1.49. The molecule has 28 heavy (non-hydrogen) atoms. The van der Waals surface area contributed by atoms with Gasteiger partial charge in [0, 0.05) is 37.7 Å². The number of hydrogen-bond donors (Lipinski definition) is 2. The Kier molecular flexibility index (Phi) is 5.72. The van der Waals surface area contributed by atoms with E-state index in [0.29, 0.717) is 24.2 Å². The Hall–Kier alpha value is -3.23. The molecule has 1 fully saturated rings. The van der Waals surface area contributed by atoms with Crippen molar-refractivity contribution in [2.24, 2.45) is 5.10 Å². The van der Waals surface area contributed by atoms with Crippen LogP contribution in [0.5, 0.6) is 0 Å². The van der Waals surface area contributed by atoms with Gasteiger partial charge in [0.25, 0.3) is 11.8 Å². The summed E-state index contributed by atoms with van der Waals surface area (Å²) in [5, 5.41) is 17.2. The number of carboxylic acids is 1. The van der Waals surface area contributed by atoms with Gasteiger partial charge in [-0.25, -0.2) is 9.80 Å². The zero-order chi connectivity index (χ0) is 20.3. The summed E-state index contributed by atoms with van der Waals surface area (Å²) in [6, 6.07) is 5.55. The lowest BCUT2D eigenvalue weighted by Gasteiger charge is -2.33. The summed E-state index contributed by atoms with van der Waals surface area (Å²) in [4.78, 5) is 49.5. The third kappa shape index (κ3) is 4.19. The number of carbonyl (C=O) groups is 4. The third-order valence-corrected chi connectivity index (χ3v) is 4.89. The second-order valence-corrected chi connectivity index (χ2v) is 6.85. The zero-order valence-corrected chi connectivity index (χ0v) is 15.6. The number of likely N-dealkylation sites (tertiary alicyclic amines) is 1. The maximum atomic E-state index is 12.8. The predicted octanol–water partition coefficient (Wildman–Crippen LogP) is 1.31. The number of aliphatic carboxylic acids is 1. The molecule has 1 saturated heterocycles. The van der Waals surface area contributed by atoms with Crippen LogP contribution < -0.4 is 5.32 Å². The fourth-order valence-corrected chi connectivity index (χ4v) is 3.36. The summed E-state index contributed by atoms with van der Waals surface area (Å²) < 4.78 is 0. The molecule has 2 aliphatic heterocycles. The van der Waals surface area contributed by atoms with E-state index >= 15 is 0 Å². The molecule has 0 radical (unpaired) electrons. The first-order chi connectivity index (χ1) is 13.4. The van der Waals surface area contributed by atoms with E-state index in [1.54, 1.807) is 18.2 Å². The van der Waals surface area contributed by atoms with Crippen molar-refractivity contribution < 1.29 is 24.3 Å². The summed E-state index contributed by atoms with van der Waals surface area (Å²) in [5.41, 5.74) is 0.951. The predicted molar refractivity (Wildman–Crippen MR) is 101 cm³/mol. The molecule has 1 aromatic rings. The molecule has 1 atom stereocenters. The molecule has 3 amide bonds. The zero-order valence-electron chi connectivity index (χ0n) is 15.6. The number of amides is 3. The number of carboxylic acid groups (broad SMARTS) is 1. The first kappa shape index (κ1) is 19.5. The number of piperidine rings is 1. The van der Waals surface area contributed by atoms with Crippen LogP contribution in [-0.2, 0) is 14.4 Å². The molecule has 0 bridgehead atoms. The summed E-state index contributed by atoms with van der Waals surface area (Å²) in [5.74, 6) is -1.97. The van der Waals surface area contributed by atoms with Gasteiger partial charge in [0.1, 0.15) is 11.8 Å². The molecule has 9 nitrogen and oxygen atoms in total. The molecule has 2 N–H and O–H groups in total. The van der Waals surface area contributed by atoms with Crippen LogP contribution in [0.1, 0.15) is 42.5 Å². The average Bonchev–Trinajstić information content (AvgIpc) is 2.69. The first-order valence-electron chi connectivity index (χ1n) is 9.16. The molecular formula is C19H22N4O5. The topological polar surface area (TPSA) is 119 Å². The first-order valence-corrected chi connectivity index (χ1v) is 9.16. The van der Waals surface area contributed by atoms with E-state index in [0.717, 1.165) is 17.9 Å². The highest BCUT2D eigenvalue weighted by molar-refractivity contribution is 6.43. The molecule has 1 unspecified atom stereocenters. The average molecular weight is 386 g/mol. The Morgan fingerprint density at radius 2 is 2.00 bits per heavy atom. The minimum absolute atomic E-state index is 0.154. The van der Waals surface area contributed by atoms with Gasteiger partial charge in [0.05, 0.1) is 0 Å².